The smallest absolute Gasteiger partial charge is 0.191 e. The first-order chi connectivity index (χ1) is 14.1. The lowest BCUT2D eigenvalue weighted by Gasteiger charge is -2.24. The zero-order valence-electron chi connectivity index (χ0n) is 18.2. The molecular formula is C23H34N4O2. The van der Waals surface area contributed by atoms with Gasteiger partial charge in [0.2, 0.25) is 0 Å². The summed E-state index contributed by atoms with van der Waals surface area (Å²) in [6.07, 6.45) is 0.865. The molecule has 1 unspecified atom stereocenters. The Hall–Kier alpha value is -2.73. The van der Waals surface area contributed by atoms with E-state index in [9.17, 15) is 0 Å². The maximum atomic E-state index is 5.43. The van der Waals surface area contributed by atoms with Gasteiger partial charge in [0, 0.05) is 13.1 Å². The fraction of sp³-hybridized carbons (Fsp3) is 0.435. The first-order valence-corrected chi connectivity index (χ1v) is 10.0. The van der Waals surface area contributed by atoms with E-state index < -0.39 is 0 Å². The Morgan fingerprint density at radius 1 is 1.00 bits per heavy atom. The zero-order valence-corrected chi connectivity index (χ0v) is 18.2. The molecule has 0 aliphatic carbocycles. The van der Waals surface area contributed by atoms with Gasteiger partial charge in [0.15, 0.2) is 5.96 Å². The summed E-state index contributed by atoms with van der Waals surface area (Å²) in [6.45, 7) is 4.32. The minimum absolute atomic E-state index is 0.186. The third-order valence-electron chi connectivity index (χ3n) is 4.77. The van der Waals surface area contributed by atoms with Crippen molar-refractivity contribution in [2.24, 2.45) is 4.99 Å². The molecule has 6 nitrogen and oxygen atoms in total. The molecule has 2 rings (SSSR count). The summed E-state index contributed by atoms with van der Waals surface area (Å²) in [4.78, 5) is 7.00. The number of hydrogen-bond acceptors (Lipinski definition) is 4. The van der Waals surface area contributed by atoms with Crippen molar-refractivity contribution in [1.29, 1.82) is 0 Å². The predicted octanol–water partition coefficient (Wildman–Crippen LogP) is 3.10. The van der Waals surface area contributed by atoms with E-state index in [0.717, 1.165) is 37.0 Å². The highest BCUT2D eigenvalue weighted by atomic mass is 16.5. The Bertz CT molecular complexity index is 760. The summed E-state index contributed by atoms with van der Waals surface area (Å²) in [5, 5.41) is 6.76. The van der Waals surface area contributed by atoms with Crippen molar-refractivity contribution in [2.45, 2.75) is 19.4 Å². The van der Waals surface area contributed by atoms with Gasteiger partial charge in [-0.15, -0.1) is 0 Å². The van der Waals surface area contributed by atoms with Crippen molar-refractivity contribution in [2.75, 3.05) is 47.9 Å². The van der Waals surface area contributed by atoms with Gasteiger partial charge in [-0.05, 0) is 56.8 Å². The largest absolute Gasteiger partial charge is 0.497 e. The summed E-state index contributed by atoms with van der Waals surface area (Å²) in [7, 11) is 7.54. The van der Waals surface area contributed by atoms with Crippen LogP contribution in [0.2, 0.25) is 0 Å². The lowest BCUT2D eigenvalue weighted by atomic mass is 10.1. The summed E-state index contributed by atoms with van der Waals surface area (Å²) >= 11 is 0. The molecule has 29 heavy (non-hydrogen) atoms. The van der Waals surface area contributed by atoms with E-state index in [4.69, 9.17) is 14.5 Å². The average molecular weight is 399 g/mol. The van der Waals surface area contributed by atoms with E-state index in [2.05, 4.69) is 54.8 Å². The second kappa shape index (κ2) is 12.0. The predicted molar refractivity (Wildman–Crippen MR) is 120 cm³/mol. The molecule has 0 bridgehead atoms. The minimum Gasteiger partial charge on any atom is -0.497 e. The molecule has 0 fully saturated rings. The van der Waals surface area contributed by atoms with Crippen LogP contribution in [0.4, 0.5) is 0 Å². The van der Waals surface area contributed by atoms with Gasteiger partial charge in [-0.3, -0.25) is 4.99 Å². The number of aliphatic imine (C=N–C) groups is 1. The third-order valence-corrected chi connectivity index (χ3v) is 4.77. The quantitative estimate of drug-likeness (QED) is 0.476. The number of rotatable bonds is 10. The van der Waals surface area contributed by atoms with E-state index in [1.54, 1.807) is 14.2 Å². The summed E-state index contributed by atoms with van der Waals surface area (Å²) in [5.74, 6) is 2.60. The molecule has 2 aromatic rings. The van der Waals surface area contributed by atoms with Crippen molar-refractivity contribution in [1.82, 2.24) is 15.5 Å². The molecule has 6 heteroatoms. The van der Waals surface area contributed by atoms with E-state index in [-0.39, 0.29) is 6.04 Å². The highest BCUT2D eigenvalue weighted by Gasteiger charge is 2.14. The van der Waals surface area contributed by atoms with Crippen LogP contribution in [-0.4, -0.2) is 58.8 Å². The molecule has 2 aromatic carbocycles. The monoisotopic (exact) mass is 398 g/mol. The highest BCUT2D eigenvalue weighted by molar-refractivity contribution is 5.79. The van der Waals surface area contributed by atoms with Crippen LogP contribution < -0.4 is 20.1 Å². The normalized spacial score (nSPS) is 12.6. The van der Waals surface area contributed by atoms with Crippen LogP contribution in [0.15, 0.2) is 53.5 Å². The van der Waals surface area contributed by atoms with Crippen LogP contribution in [0, 0.1) is 0 Å². The summed E-state index contributed by atoms with van der Waals surface area (Å²) < 4.78 is 10.7. The standard InChI is InChI=1S/C23H34N4O2/c1-6-24-23(25-16-15-19-9-7-8-10-22(19)29-5)26-17-21(27(2)3)18-11-13-20(28-4)14-12-18/h7-14,21H,6,15-17H2,1-5H3,(H2,24,25,26). The second-order valence-electron chi connectivity index (χ2n) is 6.96. The SMILES string of the molecule is CCNC(=NCC(c1ccc(OC)cc1)N(C)C)NCCc1ccccc1OC. The van der Waals surface area contributed by atoms with Crippen molar-refractivity contribution in [3.63, 3.8) is 0 Å². The molecule has 158 valence electrons. The Balaban J connectivity index is 2.01. The Morgan fingerprint density at radius 3 is 2.34 bits per heavy atom. The van der Waals surface area contributed by atoms with Crippen molar-refractivity contribution >= 4 is 5.96 Å². The molecule has 0 saturated carbocycles. The van der Waals surface area contributed by atoms with E-state index in [1.165, 1.54) is 11.1 Å². The number of guanidine groups is 1. The van der Waals surface area contributed by atoms with E-state index >= 15 is 0 Å². The Labute approximate surface area is 174 Å². The first kappa shape index (κ1) is 22.6. The van der Waals surface area contributed by atoms with Gasteiger partial charge in [0.25, 0.3) is 0 Å². The van der Waals surface area contributed by atoms with Crippen LogP contribution in [0.25, 0.3) is 0 Å². The molecule has 0 aliphatic heterocycles. The number of nitrogens with zero attached hydrogens (tertiary/aromatic N) is 2. The van der Waals surface area contributed by atoms with E-state index in [1.807, 2.05) is 30.3 Å². The molecule has 0 amide bonds. The lowest BCUT2D eigenvalue weighted by Crippen LogP contribution is -2.39. The Kier molecular flexibility index (Phi) is 9.31. The van der Waals surface area contributed by atoms with Gasteiger partial charge in [-0.25, -0.2) is 0 Å². The molecule has 0 saturated heterocycles. The van der Waals surface area contributed by atoms with Crippen LogP contribution in [0.3, 0.4) is 0 Å². The molecule has 1 atom stereocenters. The lowest BCUT2D eigenvalue weighted by molar-refractivity contribution is 0.306. The molecule has 0 spiro atoms. The van der Waals surface area contributed by atoms with Gasteiger partial charge in [0.1, 0.15) is 11.5 Å². The van der Waals surface area contributed by atoms with Crippen molar-refractivity contribution < 1.29 is 9.47 Å². The van der Waals surface area contributed by atoms with Crippen LogP contribution in [0.1, 0.15) is 24.1 Å². The molecule has 2 N–H and O–H groups in total. The highest BCUT2D eigenvalue weighted by Crippen LogP contribution is 2.21. The van der Waals surface area contributed by atoms with Gasteiger partial charge in [-0.1, -0.05) is 30.3 Å². The van der Waals surface area contributed by atoms with Crippen LogP contribution in [0.5, 0.6) is 11.5 Å². The number of hydrogen-bond donors (Lipinski definition) is 2. The molecule has 0 radical (unpaired) electrons. The molecule has 0 aliphatic rings. The second-order valence-corrected chi connectivity index (χ2v) is 6.96. The van der Waals surface area contributed by atoms with Crippen molar-refractivity contribution in [3.05, 3.63) is 59.7 Å². The van der Waals surface area contributed by atoms with Gasteiger partial charge in [-0.2, -0.15) is 0 Å². The number of likely N-dealkylation sites (N-methyl/N-ethyl adjacent to an activating group) is 1. The fourth-order valence-corrected chi connectivity index (χ4v) is 3.14. The molecule has 0 aromatic heterocycles. The number of para-hydroxylation sites is 1. The first-order valence-electron chi connectivity index (χ1n) is 10.0. The van der Waals surface area contributed by atoms with Crippen molar-refractivity contribution in [3.8, 4) is 11.5 Å². The fourth-order valence-electron chi connectivity index (χ4n) is 3.14. The maximum Gasteiger partial charge on any atom is 0.191 e. The van der Waals surface area contributed by atoms with Gasteiger partial charge < -0.3 is 25.0 Å². The Morgan fingerprint density at radius 2 is 1.72 bits per heavy atom. The number of nitrogens with one attached hydrogen (secondary N) is 2. The number of methoxy groups -OCH3 is 2. The minimum atomic E-state index is 0.186. The average Bonchev–Trinajstić information content (AvgIpc) is 2.74. The molecule has 0 heterocycles. The van der Waals surface area contributed by atoms with Crippen LogP contribution >= 0.6 is 0 Å². The number of ether oxygens (including phenoxy) is 2. The third kappa shape index (κ3) is 6.98. The zero-order chi connectivity index (χ0) is 21.1. The maximum absolute atomic E-state index is 5.43. The van der Waals surface area contributed by atoms with E-state index in [0.29, 0.717) is 6.54 Å². The summed E-state index contributed by atoms with van der Waals surface area (Å²) in [5.41, 5.74) is 2.40. The summed E-state index contributed by atoms with van der Waals surface area (Å²) in [6, 6.07) is 16.5. The topological polar surface area (TPSA) is 58.1 Å². The van der Waals surface area contributed by atoms with Crippen LogP contribution in [-0.2, 0) is 6.42 Å². The molecular weight excluding hydrogens is 364 g/mol. The number of benzene rings is 2. The van der Waals surface area contributed by atoms with Gasteiger partial charge >= 0.3 is 0 Å². The van der Waals surface area contributed by atoms with Gasteiger partial charge in [0.05, 0.1) is 26.8 Å².